The number of nitrogen functional groups attached to an aromatic ring is 1. The lowest BCUT2D eigenvalue weighted by Gasteiger charge is -2.04. The highest BCUT2D eigenvalue weighted by Crippen LogP contribution is 2.29. The second kappa shape index (κ2) is 5.47. The summed E-state index contributed by atoms with van der Waals surface area (Å²) in [5, 5.41) is 0. The Hall–Kier alpha value is -0.410. The van der Waals surface area contributed by atoms with Gasteiger partial charge in [-0.05, 0) is 47.5 Å². The predicted molar refractivity (Wildman–Crippen MR) is 68.7 cm³/mol. The van der Waals surface area contributed by atoms with Crippen LogP contribution in [0.1, 0.15) is 13.3 Å². The van der Waals surface area contributed by atoms with E-state index in [0.717, 1.165) is 22.3 Å². The molecule has 0 fully saturated rings. The van der Waals surface area contributed by atoms with Crippen LogP contribution in [0.4, 0.5) is 5.69 Å². The summed E-state index contributed by atoms with van der Waals surface area (Å²) in [5.74, 6) is 1.07. The van der Waals surface area contributed by atoms with Gasteiger partial charge in [0.25, 0.3) is 0 Å². The molecule has 0 saturated heterocycles. The molecule has 0 saturated carbocycles. The molecule has 2 N–H and O–H groups in total. The van der Waals surface area contributed by atoms with Crippen molar-refractivity contribution in [3.8, 4) is 0 Å². The summed E-state index contributed by atoms with van der Waals surface area (Å²) in [6.07, 6.45) is 1.06. The zero-order valence-corrected chi connectivity index (χ0v) is 10.6. The topological polar surface area (TPSA) is 26.0 Å². The maximum atomic E-state index is 5.65. The number of hydrogen-bond donors (Lipinski definition) is 1. The van der Waals surface area contributed by atoms with Gasteiger partial charge in [0.05, 0.1) is 0 Å². The van der Waals surface area contributed by atoms with Gasteiger partial charge in [-0.1, -0.05) is 5.57 Å². The van der Waals surface area contributed by atoms with Crippen molar-refractivity contribution >= 4 is 33.4 Å². The molecular weight excluding hydrogens is 258 g/mol. The SMILES string of the molecule is C=C(C)CCSc1ccc(N)cc1Br. The van der Waals surface area contributed by atoms with E-state index < -0.39 is 0 Å². The molecule has 0 spiro atoms. The minimum atomic E-state index is 0.793. The Morgan fingerprint density at radius 1 is 1.57 bits per heavy atom. The lowest BCUT2D eigenvalue weighted by Crippen LogP contribution is -1.86. The highest BCUT2D eigenvalue weighted by Gasteiger charge is 2.00. The average molecular weight is 272 g/mol. The Labute approximate surface area is 97.9 Å². The largest absolute Gasteiger partial charge is 0.399 e. The standard InChI is InChI=1S/C11H14BrNS/c1-8(2)5-6-14-11-4-3-9(13)7-10(11)12/h3-4,7H,1,5-6,13H2,2H3. The molecule has 1 nitrogen and oxygen atoms in total. The Morgan fingerprint density at radius 2 is 2.29 bits per heavy atom. The summed E-state index contributed by atoms with van der Waals surface area (Å²) in [7, 11) is 0. The van der Waals surface area contributed by atoms with E-state index in [9.17, 15) is 0 Å². The van der Waals surface area contributed by atoms with Crippen LogP contribution in [0, 0.1) is 0 Å². The first-order valence-electron chi connectivity index (χ1n) is 4.42. The number of rotatable bonds is 4. The van der Waals surface area contributed by atoms with E-state index in [-0.39, 0.29) is 0 Å². The predicted octanol–water partition coefficient (Wildman–Crippen LogP) is 4.09. The molecule has 0 atom stereocenters. The highest BCUT2D eigenvalue weighted by molar-refractivity contribution is 9.10. The first kappa shape index (κ1) is 11.7. The molecule has 0 unspecified atom stereocenters. The minimum absolute atomic E-state index is 0.793. The van der Waals surface area contributed by atoms with Gasteiger partial charge in [-0.3, -0.25) is 0 Å². The van der Waals surface area contributed by atoms with E-state index in [2.05, 4.69) is 29.4 Å². The molecule has 1 aromatic rings. The van der Waals surface area contributed by atoms with E-state index in [0.29, 0.717) is 0 Å². The van der Waals surface area contributed by atoms with Crippen molar-refractivity contribution < 1.29 is 0 Å². The van der Waals surface area contributed by atoms with Crippen molar-refractivity contribution in [3.63, 3.8) is 0 Å². The highest BCUT2D eigenvalue weighted by atomic mass is 79.9. The average Bonchev–Trinajstić information content (AvgIpc) is 2.08. The van der Waals surface area contributed by atoms with Crippen LogP contribution in [0.2, 0.25) is 0 Å². The second-order valence-electron chi connectivity index (χ2n) is 3.25. The number of thioether (sulfide) groups is 1. The van der Waals surface area contributed by atoms with Gasteiger partial charge in [-0.25, -0.2) is 0 Å². The van der Waals surface area contributed by atoms with Gasteiger partial charge >= 0.3 is 0 Å². The van der Waals surface area contributed by atoms with Crippen LogP contribution >= 0.6 is 27.7 Å². The molecule has 14 heavy (non-hydrogen) atoms. The third-order valence-corrected chi connectivity index (χ3v) is 3.74. The molecule has 0 aliphatic carbocycles. The molecule has 0 radical (unpaired) electrons. The fourth-order valence-electron chi connectivity index (χ4n) is 0.969. The lowest BCUT2D eigenvalue weighted by molar-refractivity contribution is 1.12. The monoisotopic (exact) mass is 271 g/mol. The van der Waals surface area contributed by atoms with Crippen LogP contribution in [0.3, 0.4) is 0 Å². The molecule has 76 valence electrons. The smallest absolute Gasteiger partial charge is 0.0331 e. The summed E-state index contributed by atoms with van der Waals surface area (Å²) in [6.45, 7) is 5.93. The first-order valence-corrected chi connectivity index (χ1v) is 6.19. The summed E-state index contributed by atoms with van der Waals surface area (Å²) >= 11 is 5.31. The Kier molecular flexibility index (Phi) is 4.55. The van der Waals surface area contributed by atoms with E-state index in [1.165, 1.54) is 10.5 Å². The van der Waals surface area contributed by atoms with Crippen LogP contribution in [0.5, 0.6) is 0 Å². The fourth-order valence-corrected chi connectivity index (χ4v) is 2.74. The number of halogens is 1. The molecule has 0 aliphatic heterocycles. The molecule has 3 heteroatoms. The van der Waals surface area contributed by atoms with Crippen LogP contribution in [-0.4, -0.2) is 5.75 Å². The summed E-state index contributed by atoms with van der Waals surface area (Å²) < 4.78 is 1.07. The summed E-state index contributed by atoms with van der Waals surface area (Å²) in [6, 6.07) is 5.90. The molecule has 0 amide bonds. The minimum Gasteiger partial charge on any atom is -0.399 e. The van der Waals surface area contributed by atoms with Gasteiger partial charge in [0.1, 0.15) is 0 Å². The normalized spacial score (nSPS) is 10.1. The van der Waals surface area contributed by atoms with Crippen molar-refractivity contribution in [2.45, 2.75) is 18.2 Å². The van der Waals surface area contributed by atoms with E-state index in [4.69, 9.17) is 5.73 Å². The zero-order valence-electron chi connectivity index (χ0n) is 8.22. The number of hydrogen-bond acceptors (Lipinski definition) is 2. The molecule has 0 heterocycles. The van der Waals surface area contributed by atoms with Gasteiger partial charge in [-0.2, -0.15) is 0 Å². The van der Waals surface area contributed by atoms with Crippen LogP contribution in [0.15, 0.2) is 39.7 Å². The van der Waals surface area contributed by atoms with E-state index in [1.807, 2.05) is 30.0 Å². The van der Waals surface area contributed by atoms with E-state index in [1.54, 1.807) is 0 Å². The Morgan fingerprint density at radius 3 is 2.86 bits per heavy atom. The molecule has 0 aromatic heterocycles. The fraction of sp³-hybridized carbons (Fsp3) is 0.273. The van der Waals surface area contributed by atoms with Gasteiger partial charge < -0.3 is 5.73 Å². The molecule has 1 rings (SSSR count). The zero-order chi connectivity index (χ0) is 10.6. The molecule has 0 bridgehead atoms. The third-order valence-electron chi connectivity index (χ3n) is 1.74. The maximum absolute atomic E-state index is 5.65. The Bertz CT molecular complexity index is 336. The second-order valence-corrected chi connectivity index (χ2v) is 5.24. The van der Waals surface area contributed by atoms with Crippen LogP contribution in [0.25, 0.3) is 0 Å². The number of allylic oxidation sites excluding steroid dienone is 1. The number of benzene rings is 1. The van der Waals surface area contributed by atoms with Crippen molar-refractivity contribution in [1.29, 1.82) is 0 Å². The summed E-state index contributed by atoms with van der Waals surface area (Å²) in [5.41, 5.74) is 7.67. The quantitative estimate of drug-likeness (QED) is 0.507. The van der Waals surface area contributed by atoms with Gasteiger partial charge in [0, 0.05) is 20.8 Å². The lowest BCUT2D eigenvalue weighted by atomic mass is 10.3. The van der Waals surface area contributed by atoms with Gasteiger partial charge in [-0.15, -0.1) is 18.3 Å². The van der Waals surface area contributed by atoms with Crippen molar-refractivity contribution in [2.75, 3.05) is 11.5 Å². The number of nitrogens with two attached hydrogens (primary N) is 1. The Balaban J connectivity index is 2.55. The van der Waals surface area contributed by atoms with E-state index >= 15 is 0 Å². The maximum Gasteiger partial charge on any atom is 0.0331 e. The van der Waals surface area contributed by atoms with Crippen LogP contribution < -0.4 is 5.73 Å². The van der Waals surface area contributed by atoms with Crippen LogP contribution in [-0.2, 0) is 0 Å². The molecule has 0 aliphatic rings. The summed E-state index contributed by atoms with van der Waals surface area (Å²) in [4.78, 5) is 1.24. The van der Waals surface area contributed by atoms with Gasteiger partial charge in [0.2, 0.25) is 0 Å². The van der Waals surface area contributed by atoms with Crippen molar-refractivity contribution in [3.05, 3.63) is 34.8 Å². The first-order chi connectivity index (χ1) is 6.59. The molecule has 1 aromatic carbocycles. The third kappa shape index (κ3) is 3.76. The number of anilines is 1. The van der Waals surface area contributed by atoms with Crippen molar-refractivity contribution in [1.82, 2.24) is 0 Å². The van der Waals surface area contributed by atoms with Gasteiger partial charge in [0.15, 0.2) is 0 Å². The molecular formula is C11H14BrNS. The van der Waals surface area contributed by atoms with Crippen molar-refractivity contribution in [2.24, 2.45) is 0 Å².